The van der Waals surface area contributed by atoms with E-state index >= 15 is 0 Å². The number of hydrogen-bond donors (Lipinski definition) is 0. The van der Waals surface area contributed by atoms with Gasteiger partial charge < -0.3 is 0 Å². The molecule has 0 spiro atoms. The molecule has 0 atom stereocenters. The highest BCUT2D eigenvalue weighted by Gasteiger charge is 2.47. The van der Waals surface area contributed by atoms with E-state index in [-0.39, 0.29) is 5.41 Å². The summed E-state index contributed by atoms with van der Waals surface area (Å²) < 4.78 is 0. The topological polar surface area (TPSA) is 36.7 Å². The minimum Gasteiger partial charge on any atom is -0.240 e. The van der Waals surface area contributed by atoms with E-state index in [1.165, 1.54) is 36.0 Å². The molecule has 19 heavy (non-hydrogen) atoms. The molecule has 0 radical (unpaired) electrons. The molecular weight excluding hydrogens is 252 g/mol. The van der Waals surface area contributed by atoms with E-state index in [0.29, 0.717) is 0 Å². The van der Waals surface area contributed by atoms with Gasteiger partial charge in [-0.05, 0) is 49.3 Å². The summed E-state index contributed by atoms with van der Waals surface area (Å²) in [6, 6.07) is 9.13. The van der Waals surface area contributed by atoms with E-state index in [2.05, 4.69) is 29.6 Å². The summed E-state index contributed by atoms with van der Waals surface area (Å²) in [5, 5.41) is 12.3. The highest BCUT2D eigenvalue weighted by Crippen LogP contribution is 2.49. The molecule has 2 aromatic rings. The molecule has 4 rings (SSSR count). The maximum atomic E-state index is 9.23. The van der Waals surface area contributed by atoms with Crippen molar-refractivity contribution in [3.8, 4) is 17.3 Å². The maximum Gasteiger partial charge on any atom is 0.114 e. The van der Waals surface area contributed by atoms with Crippen LogP contribution in [0.2, 0.25) is 0 Å². The first-order chi connectivity index (χ1) is 9.31. The highest BCUT2D eigenvalue weighted by molar-refractivity contribution is 7.10. The summed E-state index contributed by atoms with van der Waals surface area (Å²) in [6.07, 6.45) is 5.64. The minimum absolute atomic E-state index is 0.250. The fraction of sp³-hybridized carbons (Fsp3) is 0.375. The normalized spacial score (nSPS) is 18.9. The molecule has 2 aliphatic rings. The van der Waals surface area contributed by atoms with Crippen LogP contribution in [-0.4, -0.2) is 4.98 Å². The first-order valence-corrected chi connectivity index (χ1v) is 7.68. The second-order valence-electron chi connectivity index (χ2n) is 5.57. The fourth-order valence-corrected chi connectivity index (χ4v) is 3.89. The molecule has 3 heteroatoms. The Morgan fingerprint density at radius 3 is 2.84 bits per heavy atom. The van der Waals surface area contributed by atoms with E-state index in [1.54, 1.807) is 11.3 Å². The van der Waals surface area contributed by atoms with Crippen LogP contribution < -0.4 is 0 Å². The largest absolute Gasteiger partial charge is 0.240 e. The van der Waals surface area contributed by atoms with E-state index in [1.807, 2.05) is 0 Å². The van der Waals surface area contributed by atoms with Gasteiger partial charge in [-0.3, -0.25) is 0 Å². The number of thiazole rings is 1. The molecule has 0 amide bonds. The molecule has 0 saturated heterocycles. The van der Waals surface area contributed by atoms with Crippen molar-refractivity contribution in [1.82, 2.24) is 4.98 Å². The fourth-order valence-electron chi connectivity index (χ4n) is 2.86. The van der Waals surface area contributed by atoms with E-state index in [9.17, 15) is 5.26 Å². The predicted molar refractivity (Wildman–Crippen MR) is 76.1 cm³/mol. The predicted octanol–water partition coefficient (Wildman–Crippen LogP) is 3.85. The third-order valence-electron chi connectivity index (χ3n) is 4.27. The summed E-state index contributed by atoms with van der Waals surface area (Å²) >= 11 is 1.64. The molecule has 2 aliphatic carbocycles. The van der Waals surface area contributed by atoms with Gasteiger partial charge in [0.15, 0.2) is 0 Å². The van der Waals surface area contributed by atoms with Gasteiger partial charge in [0.25, 0.3) is 0 Å². The number of nitriles is 1. The minimum atomic E-state index is -0.250. The summed E-state index contributed by atoms with van der Waals surface area (Å²) in [7, 11) is 0. The molecule has 94 valence electrons. The molecular formula is C16H14N2S. The Labute approximate surface area is 116 Å². The van der Waals surface area contributed by atoms with Gasteiger partial charge in [-0.2, -0.15) is 5.26 Å². The van der Waals surface area contributed by atoms with Crippen LogP contribution in [0.25, 0.3) is 11.3 Å². The van der Waals surface area contributed by atoms with Crippen LogP contribution in [0, 0.1) is 11.3 Å². The lowest BCUT2D eigenvalue weighted by Crippen LogP contribution is -2.01. The van der Waals surface area contributed by atoms with Crippen molar-refractivity contribution in [2.75, 3.05) is 0 Å². The average molecular weight is 266 g/mol. The number of aryl methyl sites for hydroxylation is 2. The number of hydrogen-bond acceptors (Lipinski definition) is 3. The third kappa shape index (κ3) is 1.71. The van der Waals surface area contributed by atoms with Gasteiger partial charge in [0.1, 0.15) is 10.4 Å². The van der Waals surface area contributed by atoms with Gasteiger partial charge in [0.2, 0.25) is 0 Å². The molecule has 1 fully saturated rings. The molecule has 0 unspecified atom stereocenters. The lowest BCUT2D eigenvalue weighted by molar-refractivity contribution is 0.891. The van der Waals surface area contributed by atoms with Gasteiger partial charge in [0, 0.05) is 10.9 Å². The van der Waals surface area contributed by atoms with Gasteiger partial charge in [-0.15, -0.1) is 11.3 Å². The van der Waals surface area contributed by atoms with Crippen molar-refractivity contribution in [2.45, 2.75) is 37.5 Å². The first kappa shape index (κ1) is 11.2. The zero-order valence-corrected chi connectivity index (χ0v) is 11.5. The highest BCUT2D eigenvalue weighted by atomic mass is 32.1. The van der Waals surface area contributed by atoms with Crippen molar-refractivity contribution in [3.05, 3.63) is 39.7 Å². The van der Waals surface area contributed by atoms with E-state index in [4.69, 9.17) is 4.98 Å². The SMILES string of the molecule is N#CC1(c2nc(-c3ccc4c(c3)CCC4)cs2)CC1. The van der Waals surface area contributed by atoms with Crippen molar-refractivity contribution in [3.63, 3.8) is 0 Å². The summed E-state index contributed by atoms with van der Waals surface area (Å²) in [5.41, 5.74) is 4.97. The first-order valence-electron chi connectivity index (χ1n) is 6.80. The summed E-state index contributed by atoms with van der Waals surface area (Å²) in [6.45, 7) is 0. The van der Waals surface area contributed by atoms with Gasteiger partial charge in [0.05, 0.1) is 11.8 Å². The molecule has 0 aliphatic heterocycles. The van der Waals surface area contributed by atoms with Crippen LogP contribution in [0.4, 0.5) is 0 Å². The number of rotatable bonds is 2. The Bertz CT molecular complexity index is 689. The Morgan fingerprint density at radius 2 is 2.05 bits per heavy atom. The zero-order valence-electron chi connectivity index (χ0n) is 10.6. The average Bonchev–Trinajstić information content (AvgIpc) is 2.90. The number of benzene rings is 1. The monoisotopic (exact) mass is 266 g/mol. The Balaban J connectivity index is 1.72. The smallest absolute Gasteiger partial charge is 0.114 e. The lowest BCUT2D eigenvalue weighted by Gasteiger charge is -2.02. The van der Waals surface area contributed by atoms with Crippen molar-refractivity contribution in [1.29, 1.82) is 5.26 Å². The van der Waals surface area contributed by atoms with Crippen molar-refractivity contribution < 1.29 is 0 Å². The number of fused-ring (bicyclic) bond motifs is 1. The van der Waals surface area contributed by atoms with Crippen molar-refractivity contribution in [2.24, 2.45) is 0 Å². The number of aromatic nitrogens is 1. The molecule has 1 aromatic carbocycles. The molecule has 0 N–H and O–H groups in total. The van der Waals surface area contributed by atoms with Crippen LogP contribution in [0.1, 0.15) is 35.4 Å². The second-order valence-corrected chi connectivity index (χ2v) is 6.43. The standard InChI is InChI=1S/C16H14N2S/c17-10-16(6-7-16)15-18-14(9-19-15)13-5-4-11-2-1-3-12(11)8-13/h4-5,8-9H,1-3,6-7H2. The van der Waals surface area contributed by atoms with Gasteiger partial charge in [-0.1, -0.05) is 12.1 Å². The maximum absolute atomic E-state index is 9.23. The van der Waals surface area contributed by atoms with E-state index in [0.717, 1.165) is 23.5 Å². The Morgan fingerprint density at radius 1 is 1.21 bits per heavy atom. The van der Waals surface area contributed by atoms with Crippen LogP contribution >= 0.6 is 11.3 Å². The van der Waals surface area contributed by atoms with Crippen molar-refractivity contribution >= 4 is 11.3 Å². The molecule has 0 bridgehead atoms. The quantitative estimate of drug-likeness (QED) is 0.827. The molecule has 1 heterocycles. The number of nitrogens with zero attached hydrogens (tertiary/aromatic N) is 2. The van der Waals surface area contributed by atoms with Crippen LogP contribution in [-0.2, 0) is 18.3 Å². The van der Waals surface area contributed by atoms with Crippen LogP contribution in [0.3, 0.4) is 0 Å². The summed E-state index contributed by atoms with van der Waals surface area (Å²) in [4.78, 5) is 4.71. The summed E-state index contributed by atoms with van der Waals surface area (Å²) in [5.74, 6) is 0. The van der Waals surface area contributed by atoms with Crippen LogP contribution in [0.15, 0.2) is 23.6 Å². The Kier molecular flexibility index (Phi) is 2.31. The van der Waals surface area contributed by atoms with Gasteiger partial charge in [-0.25, -0.2) is 4.98 Å². The van der Waals surface area contributed by atoms with Crippen LogP contribution in [0.5, 0.6) is 0 Å². The second kappa shape index (κ2) is 3.91. The molecule has 2 nitrogen and oxygen atoms in total. The lowest BCUT2D eigenvalue weighted by atomic mass is 10.0. The molecule has 1 saturated carbocycles. The molecule has 1 aromatic heterocycles. The zero-order chi connectivity index (χ0) is 12.9. The van der Waals surface area contributed by atoms with Gasteiger partial charge >= 0.3 is 0 Å². The third-order valence-corrected chi connectivity index (χ3v) is 5.32. The van der Waals surface area contributed by atoms with E-state index < -0.39 is 0 Å². The Hall–Kier alpha value is -1.66.